The van der Waals surface area contributed by atoms with Gasteiger partial charge in [-0.15, -0.1) is 0 Å². The molecular weight excluding hydrogens is 262 g/mol. The van der Waals surface area contributed by atoms with E-state index in [0.29, 0.717) is 29.4 Å². The molecule has 0 fully saturated rings. The molecule has 106 valence electrons. The second-order valence-corrected chi connectivity index (χ2v) is 4.38. The normalized spacial score (nSPS) is 10.3. The third-order valence-electron chi connectivity index (χ3n) is 2.63. The number of nitrogens with two attached hydrogens (primary N) is 1. The lowest BCUT2D eigenvalue weighted by Gasteiger charge is -2.12. The van der Waals surface area contributed by atoms with E-state index in [0.717, 1.165) is 12.5 Å². The van der Waals surface area contributed by atoms with Gasteiger partial charge in [0, 0.05) is 23.5 Å². The fourth-order valence-electron chi connectivity index (χ4n) is 1.74. The monoisotopic (exact) mass is 278 g/mol. The predicted octanol–water partition coefficient (Wildman–Crippen LogP) is 4.08. The maximum Gasteiger partial charge on any atom is 0.144 e. The van der Waals surface area contributed by atoms with Crippen molar-refractivity contribution < 1.29 is 13.5 Å². The fraction of sp³-hybridized carbons (Fsp3) is 0.200. The molecule has 0 amide bonds. The zero-order valence-corrected chi connectivity index (χ0v) is 11.1. The molecule has 0 unspecified atom stereocenters. The van der Waals surface area contributed by atoms with Gasteiger partial charge in [-0.3, -0.25) is 0 Å². The van der Waals surface area contributed by atoms with Crippen LogP contribution in [0.1, 0.15) is 13.3 Å². The minimum Gasteiger partial charge on any atom is -0.491 e. The first-order valence-corrected chi connectivity index (χ1v) is 6.34. The maximum absolute atomic E-state index is 13.1. The maximum atomic E-state index is 13.1. The van der Waals surface area contributed by atoms with Crippen LogP contribution < -0.4 is 15.8 Å². The predicted molar refractivity (Wildman–Crippen MR) is 76.3 cm³/mol. The molecule has 0 aliphatic carbocycles. The van der Waals surface area contributed by atoms with E-state index in [4.69, 9.17) is 10.5 Å². The highest BCUT2D eigenvalue weighted by atomic mass is 19.1. The van der Waals surface area contributed by atoms with Gasteiger partial charge < -0.3 is 15.8 Å². The number of halogens is 2. The number of rotatable bonds is 5. The van der Waals surface area contributed by atoms with E-state index >= 15 is 0 Å². The Labute approximate surface area is 116 Å². The molecule has 2 rings (SSSR count). The Morgan fingerprint density at radius 3 is 2.40 bits per heavy atom. The molecule has 0 bridgehead atoms. The van der Waals surface area contributed by atoms with Crippen LogP contribution in [0.3, 0.4) is 0 Å². The molecule has 0 spiro atoms. The Morgan fingerprint density at radius 1 is 1.05 bits per heavy atom. The first-order valence-electron chi connectivity index (χ1n) is 6.34. The standard InChI is InChI=1S/C15H16F2N2O/c1-2-5-20-15-9-12(3-4-14(15)18)19-13-7-10(16)6-11(17)8-13/h3-4,6-9,19H,2,5,18H2,1H3. The molecule has 0 radical (unpaired) electrons. The number of ether oxygens (including phenoxy) is 1. The summed E-state index contributed by atoms with van der Waals surface area (Å²) >= 11 is 0. The van der Waals surface area contributed by atoms with Crippen molar-refractivity contribution in [1.82, 2.24) is 0 Å². The molecule has 0 aromatic heterocycles. The van der Waals surface area contributed by atoms with E-state index in [9.17, 15) is 8.78 Å². The lowest BCUT2D eigenvalue weighted by Crippen LogP contribution is -2.00. The minimum atomic E-state index is -0.634. The van der Waals surface area contributed by atoms with Crippen LogP contribution in [0.25, 0.3) is 0 Å². The van der Waals surface area contributed by atoms with Gasteiger partial charge in [0.2, 0.25) is 0 Å². The average Bonchev–Trinajstić information content (AvgIpc) is 2.38. The van der Waals surface area contributed by atoms with Crippen LogP contribution in [0.15, 0.2) is 36.4 Å². The van der Waals surface area contributed by atoms with E-state index in [1.807, 2.05) is 6.92 Å². The summed E-state index contributed by atoms with van der Waals surface area (Å²) in [6.45, 7) is 2.55. The van der Waals surface area contributed by atoms with Gasteiger partial charge in [0.15, 0.2) is 0 Å². The second kappa shape index (κ2) is 6.23. The third kappa shape index (κ3) is 3.60. The zero-order chi connectivity index (χ0) is 14.5. The lowest BCUT2D eigenvalue weighted by molar-refractivity contribution is 0.319. The van der Waals surface area contributed by atoms with Crippen molar-refractivity contribution in [3.05, 3.63) is 48.0 Å². The minimum absolute atomic E-state index is 0.328. The van der Waals surface area contributed by atoms with E-state index in [2.05, 4.69) is 5.32 Å². The van der Waals surface area contributed by atoms with E-state index in [1.165, 1.54) is 12.1 Å². The van der Waals surface area contributed by atoms with Crippen LogP contribution >= 0.6 is 0 Å². The van der Waals surface area contributed by atoms with Gasteiger partial charge in [-0.25, -0.2) is 8.78 Å². The number of anilines is 3. The van der Waals surface area contributed by atoms with Crippen molar-refractivity contribution in [1.29, 1.82) is 0 Å². The van der Waals surface area contributed by atoms with Crippen LogP contribution in [-0.2, 0) is 0 Å². The summed E-state index contributed by atoms with van der Waals surface area (Å²) in [4.78, 5) is 0. The molecule has 0 saturated carbocycles. The summed E-state index contributed by atoms with van der Waals surface area (Å²) in [7, 11) is 0. The summed E-state index contributed by atoms with van der Waals surface area (Å²) in [5.41, 5.74) is 7.30. The molecule has 3 N–H and O–H groups in total. The van der Waals surface area contributed by atoms with Crippen LogP contribution in [0, 0.1) is 11.6 Å². The summed E-state index contributed by atoms with van der Waals surface area (Å²) in [5.74, 6) is -0.718. The van der Waals surface area contributed by atoms with Crippen molar-refractivity contribution in [2.45, 2.75) is 13.3 Å². The van der Waals surface area contributed by atoms with Crippen molar-refractivity contribution >= 4 is 17.1 Å². The van der Waals surface area contributed by atoms with Gasteiger partial charge in [-0.05, 0) is 30.7 Å². The fourth-order valence-corrected chi connectivity index (χ4v) is 1.74. The first-order chi connectivity index (χ1) is 9.58. The molecule has 5 heteroatoms. The molecule has 0 heterocycles. The largest absolute Gasteiger partial charge is 0.491 e. The van der Waals surface area contributed by atoms with Crippen molar-refractivity contribution in [3.63, 3.8) is 0 Å². The number of nitrogens with one attached hydrogen (secondary N) is 1. The second-order valence-electron chi connectivity index (χ2n) is 4.38. The topological polar surface area (TPSA) is 47.3 Å². The highest BCUT2D eigenvalue weighted by Crippen LogP contribution is 2.28. The summed E-state index contributed by atoms with van der Waals surface area (Å²) in [6.07, 6.45) is 0.867. The number of nitrogen functional groups attached to an aromatic ring is 1. The summed E-state index contributed by atoms with van der Waals surface area (Å²) in [6, 6.07) is 8.36. The lowest BCUT2D eigenvalue weighted by atomic mass is 10.2. The van der Waals surface area contributed by atoms with E-state index < -0.39 is 11.6 Å². The third-order valence-corrected chi connectivity index (χ3v) is 2.63. The molecular formula is C15H16F2N2O. The van der Waals surface area contributed by atoms with Gasteiger partial charge in [-0.1, -0.05) is 6.92 Å². The molecule has 0 saturated heterocycles. The number of benzene rings is 2. The molecule has 20 heavy (non-hydrogen) atoms. The summed E-state index contributed by atoms with van der Waals surface area (Å²) < 4.78 is 31.7. The Balaban J connectivity index is 2.20. The van der Waals surface area contributed by atoms with Crippen LogP contribution in [0.4, 0.5) is 25.8 Å². The SMILES string of the molecule is CCCOc1cc(Nc2cc(F)cc(F)c2)ccc1N. The quantitative estimate of drug-likeness (QED) is 0.810. The Bertz CT molecular complexity index is 582. The molecule has 0 aliphatic heterocycles. The Hall–Kier alpha value is -2.30. The van der Waals surface area contributed by atoms with Crippen LogP contribution in [0.2, 0.25) is 0 Å². The Morgan fingerprint density at radius 2 is 1.75 bits per heavy atom. The van der Waals surface area contributed by atoms with Gasteiger partial charge in [-0.2, -0.15) is 0 Å². The average molecular weight is 278 g/mol. The van der Waals surface area contributed by atoms with Crippen LogP contribution in [0.5, 0.6) is 5.75 Å². The van der Waals surface area contributed by atoms with E-state index in [1.54, 1.807) is 18.2 Å². The summed E-state index contributed by atoms with van der Waals surface area (Å²) in [5, 5.41) is 2.91. The van der Waals surface area contributed by atoms with Gasteiger partial charge >= 0.3 is 0 Å². The Kier molecular flexibility index (Phi) is 4.40. The number of hydrogen-bond acceptors (Lipinski definition) is 3. The number of hydrogen-bond donors (Lipinski definition) is 2. The highest BCUT2D eigenvalue weighted by molar-refractivity contribution is 5.66. The zero-order valence-electron chi connectivity index (χ0n) is 11.1. The van der Waals surface area contributed by atoms with Crippen molar-refractivity contribution in [2.75, 3.05) is 17.7 Å². The molecule has 3 nitrogen and oxygen atoms in total. The smallest absolute Gasteiger partial charge is 0.144 e. The highest BCUT2D eigenvalue weighted by Gasteiger charge is 2.05. The molecule has 2 aromatic rings. The van der Waals surface area contributed by atoms with Crippen molar-refractivity contribution in [3.8, 4) is 5.75 Å². The van der Waals surface area contributed by atoms with Gasteiger partial charge in [0.05, 0.1) is 12.3 Å². The van der Waals surface area contributed by atoms with Crippen molar-refractivity contribution in [2.24, 2.45) is 0 Å². The van der Waals surface area contributed by atoms with Gasteiger partial charge in [0.25, 0.3) is 0 Å². The molecule has 0 aliphatic rings. The van der Waals surface area contributed by atoms with Crippen LogP contribution in [-0.4, -0.2) is 6.61 Å². The first kappa shape index (κ1) is 14.1. The molecule has 0 atom stereocenters. The molecule has 2 aromatic carbocycles. The van der Waals surface area contributed by atoms with E-state index in [-0.39, 0.29) is 0 Å². The van der Waals surface area contributed by atoms with Gasteiger partial charge in [0.1, 0.15) is 17.4 Å².